The number of nitrogens with one attached hydrogen (secondary N) is 1. The molecule has 0 saturated heterocycles. The molecule has 1 unspecified atom stereocenters. The molecular weight excluding hydrogens is 291 g/mol. The molecule has 0 aliphatic carbocycles. The Morgan fingerprint density at radius 3 is 2.20 bits per heavy atom. The van der Waals surface area contributed by atoms with E-state index >= 15 is 0 Å². The van der Waals surface area contributed by atoms with Crippen molar-refractivity contribution in [3.63, 3.8) is 0 Å². The van der Waals surface area contributed by atoms with Crippen LogP contribution < -0.4 is 5.32 Å². The quantitative estimate of drug-likeness (QED) is 0.811. The highest BCUT2D eigenvalue weighted by Crippen LogP contribution is 2.42. The monoisotopic (exact) mass is 305 g/mol. The zero-order valence-electron chi connectivity index (χ0n) is 11.3. The van der Waals surface area contributed by atoms with Crippen LogP contribution in [0.1, 0.15) is 26.3 Å². The van der Waals surface area contributed by atoms with Gasteiger partial charge in [0.2, 0.25) is 5.60 Å². The minimum Gasteiger partial charge on any atom is -0.380 e. The van der Waals surface area contributed by atoms with Crippen LogP contribution >= 0.6 is 11.6 Å². The van der Waals surface area contributed by atoms with E-state index in [-0.39, 0.29) is 10.7 Å². The lowest BCUT2D eigenvalue weighted by Crippen LogP contribution is -2.42. The van der Waals surface area contributed by atoms with Crippen molar-refractivity contribution in [3.8, 4) is 12.3 Å². The molecule has 20 heavy (non-hydrogen) atoms. The first kappa shape index (κ1) is 16.7. The minimum atomic E-state index is -5.01. The van der Waals surface area contributed by atoms with E-state index in [0.717, 1.165) is 6.07 Å². The summed E-state index contributed by atoms with van der Waals surface area (Å²) in [6.07, 6.45) is -0.0961. The van der Waals surface area contributed by atoms with Gasteiger partial charge < -0.3 is 10.4 Å². The van der Waals surface area contributed by atoms with E-state index in [2.05, 4.69) is 5.32 Å². The van der Waals surface area contributed by atoms with Crippen molar-refractivity contribution >= 4 is 17.3 Å². The lowest BCUT2D eigenvalue weighted by Gasteiger charge is -2.31. The second-order valence-electron chi connectivity index (χ2n) is 5.42. The van der Waals surface area contributed by atoms with Crippen molar-refractivity contribution in [2.24, 2.45) is 0 Å². The standard InChI is InChI=1S/C14H15ClF3NO/c1-5-13(20,14(16,17)18)10-8-9(15)6-7-11(10)19-12(2,3)4/h1,6-8,19-20H,2-4H3. The number of benzene rings is 1. The molecular formula is C14H15ClF3NO. The Morgan fingerprint density at radius 1 is 1.25 bits per heavy atom. The van der Waals surface area contributed by atoms with E-state index in [4.69, 9.17) is 18.0 Å². The van der Waals surface area contributed by atoms with Gasteiger partial charge in [-0.15, -0.1) is 6.42 Å². The Hall–Kier alpha value is -1.38. The predicted octanol–water partition coefficient (Wildman–Crippen LogP) is 3.93. The van der Waals surface area contributed by atoms with Crippen LogP contribution in [0.5, 0.6) is 0 Å². The fourth-order valence-corrected chi connectivity index (χ4v) is 1.81. The van der Waals surface area contributed by atoms with Crippen molar-refractivity contribution in [1.29, 1.82) is 0 Å². The summed E-state index contributed by atoms with van der Waals surface area (Å²) in [7, 11) is 0. The SMILES string of the molecule is C#CC(O)(c1cc(Cl)ccc1NC(C)(C)C)C(F)(F)F. The van der Waals surface area contributed by atoms with Gasteiger partial charge in [-0.25, -0.2) is 0 Å². The summed E-state index contributed by atoms with van der Waals surface area (Å²) in [5.41, 5.74) is -4.32. The smallest absolute Gasteiger partial charge is 0.380 e. The Labute approximate surface area is 120 Å². The average Bonchev–Trinajstić information content (AvgIpc) is 2.27. The summed E-state index contributed by atoms with van der Waals surface area (Å²) < 4.78 is 39.2. The van der Waals surface area contributed by atoms with Crippen LogP contribution in [0.15, 0.2) is 18.2 Å². The summed E-state index contributed by atoms with van der Waals surface area (Å²) in [6.45, 7) is 5.32. The second-order valence-corrected chi connectivity index (χ2v) is 5.85. The molecule has 0 aliphatic heterocycles. The third-order valence-corrected chi connectivity index (χ3v) is 2.74. The number of alkyl halides is 3. The third kappa shape index (κ3) is 3.38. The van der Waals surface area contributed by atoms with Crippen LogP contribution in [-0.2, 0) is 5.60 Å². The van der Waals surface area contributed by atoms with Gasteiger partial charge in [0.25, 0.3) is 0 Å². The van der Waals surface area contributed by atoms with Crippen molar-refractivity contribution in [1.82, 2.24) is 0 Å². The van der Waals surface area contributed by atoms with Gasteiger partial charge in [0.1, 0.15) is 0 Å². The number of hydrogen-bond donors (Lipinski definition) is 2. The van der Waals surface area contributed by atoms with Gasteiger partial charge >= 0.3 is 6.18 Å². The van der Waals surface area contributed by atoms with E-state index in [0.29, 0.717) is 0 Å². The molecule has 0 heterocycles. The average molecular weight is 306 g/mol. The predicted molar refractivity (Wildman–Crippen MR) is 73.6 cm³/mol. The number of halogens is 4. The minimum absolute atomic E-state index is 0.0531. The van der Waals surface area contributed by atoms with Crippen LogP contribution in [0.2, 0.25) is 5.02 Å². The van der Waals surface area contributed by atoms with Crippen LogP contribution in [-0.4, -0.2) is 16.8 Å². The molecule has 0 saturated carbocycles. The summed E-state index contributed by atoms with van der Waals surface area (Å²) in [4.78, 5) is 0. The van der Waals surface area contributed by atoms with E-state index in [9.17, 15) is 18.3 Å². The van der Waals surface area contributed by atoms with Crippen molar-refractivity contribution in [3.05, 3.63) is 28.8 Å². The number of anilines is 1. The molecule has 1 aromatic carbocycles. The molecule has 2 N–H and O–H groups in total. The highest BCUT2D eigenvalue weighted by Gasteiger charge is 2.55. The van der Waals surface area contributed by atoms with Gasteiger partial charge in [-0.3, -0.25) is 0 Å². The molecule has 0 fully saturated rings. The van der Waals surface area contributed by atoms with Gasteiger partial charge in [-0.05, 0) is 39.0 Å². The first-order chi connectivity index (χ1) is 8.90. The first-order valence-electron chi connectivity index (χ1n) is 5.76. The Morgan fingerprint density at radius 2 is 1.80 bits per heavy atom. The molecule has 1 aromatic rings. The van der Waals surface area contributed by atoms with Crippen molar-refractivity contribution in [2.75, 3.05) is 5.32 Å². The molecule has 0 amide bonds. The normalized spacial score (nSPS) is 15.3. The van der Waals surface area contributed by atoms with E-state index in [1.807, 2.05) is 0 Å². The molecule has 2 nitrogen and oxygen atoms in total. The molecule has 110 valence electrons. The van der Waals surface area contributed by atoms with E-state index in [1.165, 1.54) is 18.1 Å². The molecule has 0 radical (unpaired) electrons. The van der Waals surface area contributed by atoms with Crippen LogP contribution in [0.4, 0.5) is 18.9 Å². The lowest BCUT2D eigenvalue weighted by molar-refractivity contribution is -0.240. The lowest BCUT2D eigenvalue weighted by atomic mass is 9.91. The van der Waals surface area contributed by atoms with Gasteiger partial charge in [-0.2, -0.15) is 13.2 Å². The van der Waals surface area contributed by atoms with Gasteiger partial charge in [-0.1, -0.05) is 17.5 Å². The topological polar surface area (TPSA) is 32.3 Å². The molecule has 0 spiro atoms. The molecule has 1 atom stereocenters. The molecule has 1 rings (SSSR count). The Kier molecular flexibility index (Phi) is 4.33. The maximum Gasteiger partial charge on any atom is 0.433 e. The maximum absolute atomic E-state index is 13.1. The van der Waals surface area contributed by atoms with Crippen LogP contribution in [0.3, 0.4) is 0 Å². The highest BCUT2D eigenvalue weighted by molar-refractivity contribution is 6.30. The fourth-order valence-electron chi connectivity index (χ4n) is 1.64. The summed E-state index contributed by atoms with van der Waals surface area (Å²) in [5, 5.41) is 12.8. The van der Waals surface area contributed by atoms with Crippen LogP contribution in [0.25, 0.3) is 0 Å². The third-order valence-electron chi connectivity index (χ3n) is 2.50. The second kappa shape index (κ2) is 5.19. The fraction of sp³-hybridized carbons (Fsp3) is 0.429. The Balaban J connectivity index is 3.50. The maximum atomic E-state index is 13.1. The van der Waals surface area contributed by atoms with Crippen LogP contribution in [0, 0.1) is 12.3 Å². The van der Waals surface area contributed by atoms with Gasteiger partial charge in [0.05, 0.1) is 0 Å². The molecule has 0 bridgehead atoms. The number of aliphatic hydroxyl groups is 1. The van der Waals surface area contributed by atoms with E-state index in [1.54, 1.807) is 20.8 Å². The van der Waals surface area contributed by atoms with Crippen molar-refractivity contribution < 1.29 is 18.3 Å². The van der Waals surface area contributed by atoms with Crippen molar-refractivity contribution in [2.45, 2.75) is 38.1 Å². The largest absolute Gasteiger partial charge is 0.433 e. The summed E-state index contributed by atoms with van der Waals surface area (Å²) in [5.74, 6) is 1.42. The van der Waals surface area contributed by atoms with Gasteiger partial charge in [0.15, 0.2) is 0 Å². The number of hydrogen-bond acceptors (Lipinski definition) is 2. The zero-order chi connectivity index (χ0) is 15.8. The number of terminal acetylenes is 1. The zero-order valence-corrected chi connectivity index (χ0v) is 12.0. The van der Waals surface area contributed by atoms with E-state index < -0.39 is 22.9 Å². The molecule has 0 aliphatic rings. The molecule has 0 aromatic heterocycles. The summed E-state index contributed by atoms with van der Waals surface area (Å²) >= 11 is 5.73. The first-order valence-corrected chi connectivity index (χ1v) is 6.13. The summed E-state index contributed by atoms with van der Waals surface area (Å²) in [6, 6.07) is 3.80. The molecule has 6 heteroatoms. The number of rotatable bonds is 2. The Bertz CT molecular complexity index is 543. The highest BCUT2D eigenvalue weighted by atomic mass is 35.5. The van der Waals surface area contributed by atoms with Gasteiger partial charge in [0, 0.05) is 21.8 Å².